The Morgan fingerprint density at radius 2 is 1.96 bits per heavy atom. The van der Waals surface area contributed by atoms with Crippen molar-refractivity contribution in [3.63, 3.8) is 0 Å². The number of rotatable bonds is 5. The average molecular weight is 330 g/mol. The van der Waals surface area contributed by atoms with Crippen molar-refractivity contribution in [1.29, 1.82) is 0 Å². The number of benzene rings is 1. The molecule has 0 spiro atoms. The van der Waals surface area contributed by atoms with E-state index in [1.807, 2.05) is 19.9 Å². The van der Waals surface area contributed by atoms with E-state index in [9.17, 15) is 0 Å². The van der Waals surface area contributed by atoms with Gasteiger partial charge in [0.2, 0.25) is 12.6 Å². The summed E-state index contributed by atoms with van der Waals surface area (Å²) in [7, 11) is 0. The zero-order valence-corrected chi connectivity index (χ0v) is 13.1. The molecule has 0 saturated heterocycles. The number of hydrogen-bond donors (Lipinski definition) is 0. The van der Waals surface area contributed by atoms with Crippen molar-refractivity contribution >= 4 is 0 Å². The van der Waals surface area contributed by atoms with Crippen LogP contribution in [0.4, 0.5) is 0 Å². The minimum absolute atomic E-state index is 0.0390. The molecule has 0 unspecified atom stereocenters. The van der Waals surface area contributed by atoms with Gasteiger partial charge >= 0.3 is 6.08 Å². The zero-order valence-electron chi connectivity index (χ0n) is 13.1. The summed E-state index contributed by atoms with van der Waals surface area (Å²) in [6.07, 6.45) is 0.0709. The van der Waals surface area contributed by atoms with Crippen LogP contribution in [0, 0.1) is 0 Å². The van der Waals surface area contributed by atoms with Crippen molar-refractivity contribution in [3.8, 4) is 29.0 Å². The first-order valence-corrected chi connectivity index (χ1v) is 7.38. The third-order valence-corrected chi connectivity index (χ3v) is 3.36. The van der Waals surface area contributed by atoms with Gasteiger partial charge in [-0.15, -0.1) is 0 Å². The number of ether oxygens (including phenoxy) is 3. The SMILES string of the molecule is CC(C)c1noc(OCc2nc(-c3ccc4c(c3)OCO4)no2)n1. The number of nitrogens with zero attached hydrogens (tertiary/aromatic N) is 4. The van der Waals surface area contributed by atoms with Gasteiger partial charge in [-0.05, 0) is 18.2 Å². The van der Waals surface area contributed by atoms with E-state index in [1.54, 1.807) is 12.1 Å². The molecule has 0 radical (unpaired) electrons. The van der Waals surface area contributed by atoms with Crippen molar-refractivity contribution in [1.82, 2.24) is 20.3 Å². The minimum atomic E-state index is 0.0390. The van der Waals surface area contributed by atoms with Crippen molar-refractivity contribution in [3.05, 3.63) is 29.9 Å². The van der Waals surface area contributed by atoms with Crippen LogP contribution in [0.2, 0.25) is 0 Å². The average Bonchev–Trinajstić information content (AvgIpc) is 3.31. The molecule has 0 amide bonds. The lowest BCUT2D eigenvalue weighted by atomic mass is 10.2. The summed E-state index contributed by atoms with van der Waals surface area (Å²) >= 11 is 0. The Morgan fingerprint density at radius 1 is 1.08 bits per heavy atom. The first-order valence-electron chi connectivity index (χ1n) is 7.38. The summed E-state index contributed by atoms with van der Waals surface area (Å²) in [4.78, 5) is 8.38. The molecule has 9 nitrogen and oxygen atoms in total. The quantitative estimate of drug-likeness (QED) is 0.697. The Labute approximate surface area is 136 Å². The summed E-state index contributed by atoms with van der Waals surface area (Å²) in [6.45, 7) is 4.18. The predicted octanol–water partition coefficient (Wildman–Crippen LogP) is 2.55. The Morgan fingerprint density at radius 3 is 2.79 bits per heavy atom. The molecule has 24 heavy (non-hydrogen) atoms. The Bertz CT molecular complexity index is 857. The number of hydrogen-bond acceptors (Lipinski definition) is 9. The van der Waals surface area contributed by atoms with E-state index in [0.717, 1.165) is 5.56 Å². The van der Waals surface area contributed by atoms with Crippen LogP contribution in [-0.2, 0) is 6.61 Å². The maximum atomic E-state index is 5.36. The molecule has 9 heteroatoms. The summed E-state index contributed by atoms with van der Waals surface area (Å²) < 4.78 is 26.1. The first-order chi connectivity index (χ1) is 11.7. The molecule has 0 aliphatic carbocycles. The summed E-state index contributed by atoms with van der Waals surface area (Å²) in [5, 5.41) is 7.74. The highest BCUT2D eigenvalue weighted by Crippen LogP contribution is 2.35. The highest BCUT2D eigenvalue weighted by molar-refractivity contribution is 5.61. The van der Waals surface area contributed by atoms with Crippen LogP contribution < -0.4 is 14.2 Å². The van der Waals surface area contributed by atoms with Crippen LogP contribution in [0.1, 0.15) is 31.5 Å². The lowest BCUT2D eigenvalue weighted by molar-refractivity contribution is 0.169. The Kier molecular flexibility index (Phi) is 3.52. The molecule has 0 N–H and O–H groups in total. The molecule has 0 atom stereocenters. The first kappa shape index (κ1) is 14.5. The van der Waals surface area contributed by atoms with Crippen LogP contribution in [0.15, 0.2) is 27.2 Å². The third-order valence-electron chi connectivity index (χ3n) is 3.36. The molecular formula is C15H14N4O5. The van der Waals surface area contributed by atoms with Gasteiger partial charge in [-0.1, -0.05) is 24.2 Å². The molecular weight excluding hydrogens is 316 g/mol. The molecule has 0 saturated carbocycles. The number of fused-ring (bicyclic) bond motifs is 1. The minimum Gasteiger partial charge on any atom is -0.454 e. The van der Waals surface area contributed by atoms with Gasteiger partial charge < -0.3 is 18.7 Å². The Hall–Kier alpha value is -3.10. The van der Waals surface area contributed by atoms with E-state index in [1.165, 1.54) is 0 Å². The second kappa shape index (κ2) is 5.84. The van der Waals surface area contributed by atoms with E-state index < -0.39 is 0 Å². The summed E-state index contributed by atoms with van der Waals surface area (Å²) in [5.41, 5.74) is 0.758. The lowest BCUT2D eigenvalue weighted by Crippen LogP contribution is -1.96. The van der Waals surface area contributed by atoms with Gasteiger partial charge in [0.15, 0.2) is 23.9 Å². The van der Waals surface area contributed by atoms with Gasteiger partial charge in [0, 0.05) is 11.5 Å². The van der Waals surface area contributed by atoms with Crippen molar-refractivity contribution in [2.24, 2.45) is 0 Å². The fourth-order valence-electron chi connectivity index (χ4n) is 2.10. The highest BCUT2D eigenvalue weighted by Gasteiger charge is 2.17. The largest absolute Gasteiger partial charge is 0.454 e. The monoisotopic (exact) mass is 330 g/mol. The molecule has 0 bridgehead atoms. The van der Waals surface area contributed by atoms with E-state index in [-0.39, 0.29) is 25.4 Å². The number of aromatic nitrogens is 4. The van der Waals surface area contributed by atoms with Gasteiger partial charge in [-0.3, -0.25) is 4.52 Å². The van der Waals surface area contributed by atoms with Gasteiger partial charge in [0.05, 0.1) is 0 Å². The fourth-order valence-corrected chi connectivity index (χ4v) is 2.10. The third kappa shape index (κ3) is 2.75. The molecule has 2 aromatic heterocycles. The molecule has 3 aromatic rings. The van der Waals surface area contributed by atoms with E-state index in [4.69, 9.17) is 23.3 Å². The fraction of sp³-hybridized carbons (Fsp3) is 0.333. The van der Waals surface area contributed by atoms with Gasteiger partial charge in [-0.2, -0.15) is 9.97 Å². The maximum Gasteiger partial charge on any atom is 0.417 e. The lowest BCUT2D eigenvalue weighted by Gasteiger charge is -1.97. The summed E-state index contributed by atoms with van der Waals surface area (Å²) in [5.74, 6) is 2.82. The second-order valence-electron chi connectivity index (χ2n) is 5.44. The molecule has 1 aliphatic heterocycles. The zero-order chi connectivity index (χ0) is 16.5. The standard InChI is InChI=1S/C15H14N4O5/c1-8(2)13-17-15(24-18-13)20-6-12-16-14(19-23-12)9-3-4-10-11(5-9)22-7-21-10/h3-5,8H,6-7H2,1-2H3. The van der Waals surface area contributed by atoms with Crippen LogP contribution in [0.3, 0.4) is 0 Å². The Balaban J connectivity index is 1.44. The van der Waals surface area contributed by atoms with E-state index >= 15 is 0 Å². The van der Waals surface area contributed by atoms with Gasteiger partial charge in [0.1, 0.15) is 0 Å². The normalized spacial score (nSPS) is 12.8. The van der Waals surface area contributed by atoms with E-state index in [2.05, 4.69) is 20.3 Å². The summed E-state index contributed by atoms with van der Waals surface area (Å²) in [6, 6.07) is 5.43. The van der Waals surface area contributed by atoms with Crippen molar-refractivity contribution in [2.75, 3.05) is 6.79 Å². The maximum absolute atomic E-state index is 5.36. The van der Waals surface area contributed by atoms with Crippen LogP contribution in [0.5, 0.6) is 17.6 Å². The molecule has 1 aromatic carbocycles. The molecule has 124 valence electrons. The van der Waals surface area contributed by atoms with Crippen molar-refractivity contribution in [2.45, 2.75) is 26.4 Å². The van der Waals surface area contributed by atoms with Crippen LogP contribution in [-0.4, -0.2) is 27.1 Å². The predicted molar refractivity (Wildman–Crippen MR) is 78.6 cm³/mol. The van der Waals surface area contributed by atoms with Gasteiger partial charge in [-0.25, -0.2) is 0 Å². The molecule has 4 rings (SSSR count). The van der Waals surface area contributed by atoms with Crippen LogP contribution >= 0.6 is 0 Å². The van der Waals surface area contributed by atoms with Crippen LogP contribution in [0.25, 0.3) is 11.4 Å². The molecule has 0 fully saturated rings. The van der Waals surface area contributed by atoms with Crippen molar-refractivity contribution < 1.29 is 23.3 Å². The highest BCUT2D eigenvalue weighted by atomic mass is 16.7. The topological polar surface area (TPSA) is 106 Å². The second-order valence-corrected chi connectivity index (χ2v) is 5.44. The van der Waals surface area contributed by atoms with E-state index in [0.29, 0.717) is 29.0 Å². The molecule has 3 heterocycles. The smallest absolute Gasteiger partial charge is 0.417 e. The van der Waals surface area contributed by atoms with Gasteiger partial charge in [0.25, 0.3) is 5.89 Å². The molecule has 1 aliphatic rings.